The van der Waals surface area contributed by atoms with Crippen LogP contribution in [0.3, 0.4) is 0 Å². The maximum atomic E-state index is 12.0. The highest BCUT2D eigenvalue weighted by Crippen LogP contribution is 2.20. The topological polar surface area (TPSA) is 45.5 Å². The first-order chi connectivity index (χ1) is 13.7. The highest BCUT2D eigenvalue weighted by Gasteiger charge is 2.08. The fourth-order valence-electron chi connectivity index (χ4n) is 3.12. The van der Waals surface area contributed by atoms with E-state index in [9.17, 15) is 4.79 Å². The smallest absolute Gasteiger partial charge is 0.224 e. The molecule has 1 saturated heterocycles. The number of nitrogens with one attached hydrogen (secondary N) is 1. The summed E-state index contributed by atoms with van der Waals surface area (Å²) < 4.78 is 5.34. The molecule has 0 aliphatic carbocycles. The highest BCUT2D eigenvalue weighted by atomic mass is 16.3. The first-order valence-corrected chi connectivity index (χ1v) is 9.50. The Bertz CT molecular complexity index is 862. The van der Waals surface area contributed by atoms with E-state index in [1.807, 2.05) is 54.6 Å². The average Bonchev–Trinajstić information content (AvgIpc) is 3.41. The molecule has 1 aliphatic rings. The molecule has 1 fully saturated rings. The van der Waals surface area contributed by atoms with Gasteiger partial charge in [0.15, 0.2) is 0 Å². The molecule has 1 amide bonds. The second-order valence-corrected chi connectivity index (χ2v) is 6.70. The number of hydrogen-bond donors (Lipinski definition) is 1. The van der Waals surface area contributed by atoms with Gasteiger partial charge in [-0.25, -0.2) is 0 Å². The molecule has 4 heteroatoms. The van der Waals surface area contributed by atoms with Gasteiger partial charge in [0, 0.05) is 11.9 Å². The third kappa shape index (κ3) is 6.61. The fraction of sp³-hybridized carbons (Fsp3) is 0.292. The second kappa shape index (κ2) is 11.6. The van der Waals surface area contributed by atoms with Gasteiger partial charge in [-0.2, -0.15) is 0 Å². The number of hydrogen-bond acceptors (Lipinski definition) is 3. The lowest BCUT2D eigenvalue weighted by Gasteiger charge is -2.06. The molecule has 0 atom stereocenters. The van der Waals surface area contributed by atoms with Crippen LogP contribution in [0.15, 0.2) is 65.3 Å². The molecule has 146 valence electrons. The van der Waals surface area contributed by atoms with Crippen molar-refractivity contribution < 1.29 is 9.21 Å². The number of fused-ring (bicyclic) bond motifs is 1. The zero-order valence-electron chi connectivity index (χ0n) is 16.4. The van der Waals surface area contributed by atoms with Crippen LogP contribution >= 0.6 is 0 Å². The number of furan rings is 1. The molecule has 1 aliphatic heterocycles. The standard InChI is InChI=1S/C17H15NO2.C5H11N.C2H2/c19-17(18-12-13-5-2-1-3-6-13)11-14-7-4-8-16-15(14)9-10-20-16;1-6-4-2-3-5-6;1-2/h1-10H,11-12H2,(H,18,19);2-5H2,1H3;1-2H. The molecular weight excluding hydrogens is 348 g/mol. The SMILES string of the molecule is C#C.CN1CCCC1.O=C(Cc1cccc2occc12)NCc1ccccc1. The Kier molecular flexibility index (Phi) is 8.84. The minimum absolute atomic E-state index is 0.0163. The van der Waals surface area contributed by atoms with Gasteiger partial charge in [0.1, 0.15) is 5.58 Å². The predicted molar refractivity (Wildman–Crippen MR) is 115 cm³/mol. The van der Waals surface area contributed by atoms with Crippen LogP contribution in [0.5, 0.6) is 0 Å². The van der Waals surface area contributed by atoms with Crippen LogP contribution in [0, 0.1) is 12.8 Å². The summed E-state index contributed by atoms with van der Waals surface area (Å²) in [5.41, 5.74) is 2.91. The molecule has 2 heterocycles. The molecule has 4 nitrogen and oxygen atoms in total. The summed E-state index contributed by atoms with van der Waals surface area (Å²) in [5, 5.41) is 3.94. The van der Waals surface area contributed by atoms with E-state index in [4.69, 9.17) is 4.42 Å². The van der Waals surface area contributed by atoms with Crippen molar-refractivity contribution in [1.82, 2.24) is 10.2 Å². The van der Waals surface area contributed by atoms with E-state index >= 15 is 0 Å². The second-order valence-electron chi connectivity index (χ2n) is 6.70. The van der Waals surface area contributed by atoms with Gasteiger partial charge in [0.25, 0.3) is 0 Å². The Hall–Kier alpha value is -3.03. The quantitative estimate of drug-likeness (QED) is 0.692. The van der Waals surface area contributed by atoms with E-state index in [2.05, 4.69) is 30.1 Å². The van der Waals surface area contributed by atoms with Crippen LogP contribution in [-0.2, 0) is 17.8 Å². The molecule has 3 aromatic rings. The van der Waals surface area contributed by atoms with Crippen molar-refractivity contribution in [3.8, 4) is 12.8 Å². The van der Waals surface area contributed by atoms with Crippen LogP contribution < -0.4 is 5.32 Å². The van der Waals surface area contributed by atoms with E-state index in [-0.39, 0.29) is 5.91 Å². The monoisotopic (exact) mass is 376 g/mol. The Labute approximate surface area is 167 Å². The Balaban J connectivity index is 0.000000296. The molecule has 4 rings (SSSR count). The van der Waals surface area contributed by atoms with Gasteiger partial charge in [-0.15, -0.1) is 12.8 Å². The number of amides is 1. The Morgan fingerprint density at radius 1 is 1.04 bits per heavy atom. The molecule has 0 spiro atoms. The third-order valence-electron chi connectivity index (χ3n) is 4.60. The van der Waals surface area contributed by atoms with Gasteiger partial charge in [0.05, 0.1) is 12.7 Å². The van der Waals surface area contributed by atoms with E-state index in [1.54, 1.807) is 6.26 Å². The Morgan fingerprint density at radius 3 is 2.39 bits per heavy atom. The molecule has 0 radical (unpaired) electrons. The predicted octanol–water partition coefficient (Wildman–Crippen LogP) is 4.25. The zero-order chi connectivity index (χ0) is 20.2. The van der Waals surface area contributed by atoms with E-state index in [0.717, 1.165) is 22.1 Å². The summed E-state index contributed by atoms with van der Waals surface area (Å²) in [4.78, 5) is 14.4. The van der Waals surface area contributed by atoms with Gasteiger partial charge < -0.3 is 14.6 Å². The van der Waals surface area contributed by atoms with Gasteiger partial charge in [-0.1, -0.05) is 42.5 Å². The normalized spacial score (nSPS) is 13.1. The molecule has 0 unspecified atom stereocenters. The van der Waals surface area contributed by atoms with Gasteiger partial charge in [0.2, 0.25) is 5.91 Å². The number of benzene rings is 2. The minimum atomic E-state index is 0.0163. The fourth-order valence-corrected chi connectivity index (χ4v) is 3.12. The summed E-state index contributed by atoms with van der Waals surface area (Å²) in [5.74, 6) is 0.0163. The van der Waals surface area contributed by atoms with Crippen molar-refractivity contribution in [3.63, 3.8) is 0 Å². The van der Waals surface area contributed by atoms with Crippen LogP contribution in [0.4, 0.5) is 0 Å². The maximum absolute atomic E-state index is 12.0. The number of terminal acetylenes is 1. The maximum Gasteiger partial charge on any atom is 0.224 e. The van der Waals surface area contributed by atoms with E-state index in [0.29, 0.717) is 13.0 Å². The highest BCUT2D eigenvalue weighted by molar-refractivity contribution is 5.87. The van der Waals surface area contributed by atoms with Gasteiger partial charge >= 0.3 is 0 Å². The molecule has 2 aromatic carbocycles. The first-order valence-electron chi connectivity index (χ1n) is 9.50. The van der Waals surface area contributed by atoms with Crippen molar-refractivity contribution in [1.29, 1.82) is 0 Å². The summed E-state index contributed by atoms with van der Waals surface area (Å²) in [6.45, 7) is 3.20. The number of nitrogens with zero attached hydrogens (tertiary/aromatic N) is 1. The van der Waals surface area contributed by atoms with Crippen LogP contribution in [0.2, 0.25) is 0 Å². The van der Waals surface area contributed by atoms with Crippen molar-refractivity contribution in [3.05, 3.63) is 72.0 Å². The van der Waals surface area contributed by atoms with Crippen molar-refractivity contribution >= 4 is 16.9 Å². The summed E-state index contributed by atoms with van der Waals surface area (Å²) in [6, 6.07) is 17.6. The van der Waals surface area contributed by atoms with Crippen LogP contribution in [-0.4, -0.2) is 30.9 Å². The van der Waals surface area contributed by atoms with Crippen molar-refractivity contribution in [2.75, 3.05) is 20.1 Å². The number of carbonyl (C=O) groups excluding carboxylic acids is 1. The third-order valence-corrected chi connectivity index (χ3v) is 4.60. The zero-order valence-corrected chi connectivity index (χ0v) is 16.4. The minimum Gasteiger partial charge on any atom is -0.464 e. The lowest BCUT2D eigenvalue weighted by molar-refractivity contribution is -0.120. The van der Waals surface area contributed by atoms with Crippen molar-refractivity contribution in [2.45, 2.75) is 25.8 Å². The van der Waals surface area contributed by atoms with Gasteiger partial charge in [-0.05, 0) is 56.2 Å². The average molecular weight is 377 g/mol. The number of rotatable bonds is 4. The molecule has 28 heavy (non-hydrogen) atoms. The molecule has 0 bridgehead atoms. The number of likely N-dealkylation sites (tertiary alicyclic amines) is 1. The number of carbonyl (C=O) groups is 1. The van der Waals surface area contributed by atoms with Crippen LogP contribution in [0.1, 0.15) is 24.0 Å². The van der Waals surface area contributed by atoms with E-state index in [1.165, 1.54) is 25.9 Å². The lowest BCUT2D eigenvalue weighted by atomic mass is 10.1. The molecule has 1 N–H and O–H groups in total. The summed E-state index contributed by atoms with van der Waals surface area (Å²) in [7, 11) is 2.17. The summed E-state index contributed by atoms with van der Waals surface area (Å²) in [6.07, 6.45) is 12.8. The molecular formula is C24H28N2O2. The molecule has 1 aromatic heterocycles. The summed E-state index contributed by atoms with van der Waals surface area (Å²) >= 11 is 0. The van der Waals surface area contributed by atoms with Crippen molar-refractivity contribution in [2.24, 2.45) is 0 Å². The lowest BCUT2D eigenvalue weighted by Crippen LogP contribution is -2.24. The van der Waals surface area contributed by atoms with E-state index < -0.39 is 0 Å². The first kappa shape index (κ1) is 21.3. The molecule has 0 saturated carbocycles. The largest absolute Gasteiger partial charge is 0.464 e. The Morgan fingerprint density at radius 2 is 1.75 bits per heavy atom. The van der Waals surface area contributed by atoms with Gasteiger partial charge in [-0.3, -0.25) is 4.79 Å². The van der Waals surface area contributed by atoms with Crippen LogP contribution in [0.25, 0.3) is 11.0 Å².